The topological polar surface area (TPSA) is 17.1 Å². The summed E-state index contributed by atoms with van der Waals surface area (Å²) in [6.07, 6.45) is 3.07. The Kier molecular flexibility index (Phi) is 3.44. The molecule has 0 N–H and O–H groups in total. The molecule has 0 bridgehead atoms. The van der Waals surface area contributed by atoms with E-state index in [1.807, 2.05) is 0 Å². The van der Waals surface area contributed by atoms with Gasteiger partial charge in [0.2, 0.25) is 0 Å². The average Bonchev–Trinajstić information content (AvgIpc) is 1.61. The van der Waals surface area contributed by atoms with Gasteiger partial charge in [-0.1, -0.05) is 22.5 Å². The summed E-state index contributed by atoms with van der Waals surface area (Å²) in [4.78, 5) is 10.2. The Morgan fingerprint density at radius 2 is 2.12 bits per heavy atom. The highest BCUT2D eigenvalue weighted by molar-refractivity contribution is 9.11. The second kappa shape index (κ2) is 3.61. The zero-order valence-electron chi connectivity index (χ0n) is 4.65. The van der Waals surface area contributed by atoms with Crippen molar-refractivity contribution in [3.05, 3.63) is 23.2 Å². The molecule has 44 valence electrons. The lowest BCUT2D eigenvalue weighted by atomic mass is 10.4. The average molecular weight is 175 g/mol. The molecule has 0 spiro atoms. The summed E-state index contributed by atoms with van der Waals surface area (Å²) in [6.45, 7) is 5.00. The van der Waals surface area contributed by atoms with E-state index in [1.165, 1.54) is 13.0 Å². The zero-order chi connectivity index (χ0) is 6.57. The van der Waals surface area contributed by atoms with Crippen LogP contribution in [0.5, 0.6) is 0 Å². The fourth-order valence-electron chi connectivity index (χ4n) is 0.208. The third kappa shape index (κ3) is 5.63. The van der Waals surface area contributed by atoms with E-state index in [-0.39, 0.29) is 5.78 Å². The predicted molar refractivity (Wildman–Crippen MR) is 37.9 cm³/mol. The zero-order valence-corrected chi connectivity index (χ0v) is 6.23. The van der Waals surface area contributed by atoms with Gasteiger partial charge in [-0.15, -0.1) is 0 Å². The number of rotatable bonds is 2. The molecule has 0 aliphatic rings. The second-order valence-corrected chi connectivity index (χ2v) is 2.41. The maximum Gasteiger partial charge on any atom is 0.152 e. The molecule has 0 fully saturated rings. The van der Waals surface area contributed by atoms with Crippen molar-refractivity contribution in [2.45, 2.75) is 6.92 Å². The van der Waals surface area contributed by atoms with E-state index in [0.29, 0.717) is 4.48 Å². The molecule has 0 aromatic rings. The minimum absolute atomic E-state index is 0.0330. The van der Waals surface area contributed by atoms with Gasteiger partial charge in [0, 0.05) is 4.48 Å². The Bertz CT molecular complexity index is 119. The largest absolute Gasteiger partial charge is 0.295 e. The Labute approximate surface area is 57.2 Å². The van der Waals surface area contributed by atoms with Crippen molar-refractivity contribution in [3.8, 4) is 0 Å². The quantitative estimate of drug-likeness (QED) is 0.463. The first-order valence-electron chi connectivity index (χ1n) is 2.16. The van der Waals surface area contributed by atoms with Gasteiger partial charge < -0.3 is 0 Å². The van der Waals surface area contributed by atoms with Gasteiger partial charge in [0.05, 0.1) is 0 Å². The molecule has 0 heterocycles. The number of allylic oxidation sites excluding steroid dienone is 3. The van der Waals surface area contributed by atoms with Gasteiger partial charge in [-0.25, -0.2) is 0 Å². The summed E-state index contributed by atoms with van der Waals surface area (Å²) in [7, 11) is 0. The van der Waals surface area contributed by atoms with E-state index in [1.54, 1.807) is 6.08 Å². The molecule has 8 heavy (non-hydrogen) atoms. The Morgan fingerprint density at radius 1 is 1.62 bits per heavy atom. The van der Waals surface area contributed by atoms with E-state index < -0.39 is 0 Å². The summed E-state index contributed by atoms with van der Waals surface area (Å²) < 4.78 is 0.715. The third-order valence-electron chi connectivity index (χ3n) is 0.499. The molecule has 0 saturated carbocycles. The van der Waals surface area contributed by atoms with Gasteiger partial charge >= 0.3 is 0 Å². The third-order valence-corrected chi connectivity index (χ3v) is 0.763. The van der Waals surface area contributed by atoms with Crippen LogP contribution in [-0.4, -0.2) is 5.78 Å². The smallest absolute Gasteiger partial charge is 0.152 e. The number of hydrogen-bond acceptors (Lipinski definition) is 1. The van der Waals surface area contributed by atoms with Crippen LogP contribution in [0.1, 0.15) is 6.92 Å². The summed E-state index contributed by atoms with van der Waals surface area (Å²) >= 11 is 3.07. The van der Waals surface area contributed by atoms with Gasteiger partial charge in [0.25, 0.3) is 0 Å². The maximum absolute atomic E-state index is 10.2. The van der Waals surface area contributed by atoms with Crippen molar-refractivity contribution >= 4 is 21.7 Å². The molecule has 0 unspecified atom stereocenters. The lowest BCUT2D eigenvalue weighted by Gasteiger charge is -1.78. The normalized spacial score (nSPS) is 9.75. The predicted octanol–water partition coefficient (Wildman–Crippen LogP) is 2.04. The van der Waals surface area contributed by atoms with Crippen molar-refractivity contribution in [1.82, 2.24) is 0 Å². The first-order valence-corrected chi connectivity index (χ1v) is 2.95. The lowest BCUT2D eigenvalue weighted by molar-refractivity contribution is -0.112. The van der Waals surface area contributed by atoms with Crippen LogP contribution < -0.4 is 0 Å². The van der Waals surface area contributed by atoms with Gasteiger partial charge in [-0.3, -0.25) is 4.79 Å². The van der Waals surface area contributed by atoms with E-state index in [0.717, 1.165) is 0 Å². The SMILES string of the molecule is C=C(Br)/C=C\C(C)=O. The summed E-state index contributed by atoms with van der Waals surface area (Å²) in [6, 6.07) is 0. The fourth-order valence-corrected chi connectivity index (χ4v) is 0.340. The Morgan fingerprint density at radius 3 is 2.25 bits per heavy atom. The second-order valence-electron chi connectivity index (χ2n) is 1.39. The Hall–Kier alpha value is -0.370. The van der Waals surface area contributed by atoms with Crippen LogP contribution >= 0.6 is 15.9 Å². The van der Waals surface area contributed by atoms with Crippen LogP contribution in [0.4, 0.5) is 0 Å². The number of halogens is 1. The van der Waals surface area contributed by atoms with Crippen LogP contribution in [0.2, 0.25) is 0 Å². The Balaban J connectivity index is 3.67. The van der Waals surface area contributed by atoms with E-state index >= 15 is 0 Å². The minimum atomic E-state index is 0.0330. The van der Waals surface area contributed by atoms with E-state index in [9.17, 15) is 4.79 Å². The van der Waals surface area contributed by atoms with Crippen molar-refractivity contribution in [2.75, 3.05) is 0 Å². The first-order chi connectivity index (χ1) is 3.63. The minimum Gasteiger partial charge on any atom is -0.295 e. The molecule has 0 saturated heterocycles. The highest BCUT2D eigenvalue weighted by atomic mass is 79.9. The van der Waals surface area contributed by atoms with Crippen LogP contribution in [0.3, 0.4) is 0 Å². The van der Waals surface area contributed by atoms with Gasteiger partial charge in [0.15, 0.2) is 5.78 Å². The number of carbonyl (C=O) groups is 1. The van der Waals surface area contributed by atoms with Crippen molar-refractivity contribution in [3.63, 3.8) is 0 Å². The van der Waals surface area contributed by atoms with E-state index in [4.69, 9.17) is 0 Å². The summed E-state index contributed by atoms with van der Waals surface area (Å²) in [5.74, 6) is 0.0330. The van der Waals surface area contributed by atoms with Crippen LogP contribution in [0.15, 0.2) is 23.2 Å². The molecule has 0 aromatic carbocycles. The maximum atomic E-state index is 10.2. The standard InChI is InChI=1S/C6H7BrO/c1-5(7)3-4-6(2)8/h3-4H,1H2,2H3/b4-3-. The van der Waals surface area contributed by atoms with Gasteiger partial charge in [-0.2, -0.15) is 0 Å². The van der Waals surface area contributed by atoms with Gasteiger partial charge in [-0.05, 0) is 19.1 Å². The molecule has 0 aliphatic carbocycles. The molecule has 1 nitrogen and oxygen atoms in total. The molecule has 0 rings (SSSR count). The van der Waals surface area contributed by atoms with Crippen LogP contribution in [-0.2, 0) is 4.79 Å². The molecule has 0 atom stereocenters. The van der Waals surface area contributed by atoms with E-state index in [2.05, 4.69) is 22.5 Å². The fraction of sp³-hybridized carbons (Fsp3) is 0.167. The lowest BCUT2D eigenvalue weighted by Crippen LogP contribution is -1.77. The van der Waals surface area contributed by atoms with Crippen molar-refractivity contribution < 1.29 is 4.79 Å². The van der Waals surface area contributed by atoms with Crippen LogP contribution in [0.25, 0.3) is 0 Å². The molecule has 0 amide bonds. The van der Waals surface area contributed by atoms with Crippen LogP contribution in [0, 0.1) is 0 Å². The number of ketones is 1. The molecule has 2 heteroatoms. The molecule has 0 aliphatic heterocycles. The summed E-state index contributed by atoms with van der Waals surface area (Å²) in [5, 5.41) is 0. The highest BCUT2D eigenvalue weighted by Gasteiger charge is 1.79. The molecular formula is C6H7BrO. The van der Waals surface area contributed by atoms with Gasteiger partial charge in [0.1, 0.15) is 0 Å². The monoisotopic (exact) mass is 174 g/mol. The van der Waals surface area contributed by atoms with Crippen molar-refractivity contribution in [2.24, 2.45) is 0 Å². The highest BCUT2D eigenvalue weighted by Crippen LogP contribution is 2.00. The summed E-state index contributed by atoms with van der Waals surface area (Å²) in [5.41, 5.74) is 0. The molecule has 0 aromatic heterocycles. The number of hydrogen-bond donors (Lipinski definition) is 0. The van der Waals surface area contributed by atoms with Crippen molar-refractivity contribution in [1.29, 1.82) is 0 Å². The molecular weight excluding hydrogens is 168 g/mol. The first kappa shape index (κ1) is 7.63. The molecule has 0 radical (unpaired) electrons. The number of carbonyl (C=O) groups excluding carboxylic acids is 1.